The summed E-state index contributed by atoms with van der Waals surface area (Å²) in [6.45, 7) is 3.56. The molecule has 0 saturated heterocycles. The zero-order valence-corrected chi connectivity index (χ0v) is 15.7. The Morgan fingerprint density at radius 3 is 2.52 bits per heavy atom. The molecular formula is C21H30O4. The van der Waals surface area contributed by atoms with Gasteiger partial charge in [0.15, 0.2) is 17.3 Å². The van der Waals surface area contributed by atoms with Crippen LogP contribution in [0, 0.1) is 0 Å². The third-order valence-electron chi connectivity index (χ3n) is 3.92. The summed E-state index contributed by atoms with van der Waals surface area (Å²) in [7, 11) is 1.53. The van der Waals surface area contributed by atoms with Crippen LogP contribution < -0.4 is 9.47 Å². The van der Waals surface area contributed by atoms with E-state index in [1.807, 2.05) is 18.2 Å². The normalized spacial score (nSPS) is 10.8. The first-order valence-corrected chi connectivity index (χ1v) is 9.11. The first kappa shape index (κ1) is 20.9. The number of hydrogen-bond donors (Lipinski definition) is 0. The van der Waals surface area contributed by atoms with Crippen molar-refractivity contribution in [1.82, 2.24) is 0 Å². The van der Waals surface area contributed by atoms with Crippen molar-refractivity contribution in [2.75, 3.05) is 7.11 Å². The number of esters is 1. The lowest BCUT2D eigenvalue weighted by Gasteiger charge is -2.09. The van der Waals surface area contributed by atoms with Crippen LogP contribution in [-0.2, 0) is 16.0 Å². The first-order chi connectivity index (χ1) is 12.1. The fourth-order valence-electron chi connectivity index (χ4n) is 2.54. The van der Waals surface area contributed by atoms with Crippen LogP contribution in [0.3, 0.4) is 0 Å². The van der Waals surface area contributed by atoms with Crippen molar-refractivity contribution in [3.05, 3.63) is 35.9 Å². The molecule has 4 nitrogen and oxygen atoms in total. The minimum absolute atomic E-state index is 0.136. The molecule has 0 radical (unpaired) electrons. The second-order valence-electron chi connectivity index (χ2n) is 6.15. The van der Waals surface area contributed by atoms with Gasteiger partial charge in [-0.3, -0.25) is 9.59 Å². The van der Waals surface area contributed by atoms with Gasteiger partial charge in [-0.15, -0.1) is 0 Å². The Bertz CT molecular complexity index is 575. The average Bonchev–Trinajstić information content (AvgIpc) is 2.59. The number of ether oxygens (including phenoxy) is 2. The highest BCUT2D eigenvalue weighted by Crippen LogP contribution is 2.28. The SMILES string of the molecule is CCCCCCCC=CC(=O)CCc1ccc(OC(C)=O)c(OC)c1. The second-order valence-corrected chi connectivity index (χ2v) is 6.15. The molecule has 0 amide bonds. The van der Waals surface area contributed by atoms with E-state index in [1.54, 1.807) is 12.1 Å². The van der Waals surface area contributed by atoms with Crippen LogP contribution in [0.25, 0.3) is 0 Å². The van der Waals surface area contributed by atoms with Gasteiger partial charge in [0.25, 0.3) is 0 Å². The largest absolute Gasteiger partial charge is 0.493 e. The summed E-state index contributed by atoms with van der Waals surface area (Å²) >= 11 is 0. The van der Waals surface area contributed by atoms with Gasteiger partial charge >= 0.3 is 5.97 Å². The molecule has 1 aromatic rings. The predicted octanol–water partition coefficient (Wildman–Crippen LogP) is 5.04. The highest BCUT2D eigenvalue weighted by atomic mass is 16.6. The van der Waals surface area contributed by atoms with E-state index < -0.39 is 0 Å². The van der Waals surface area contributed by atoms with Crippen LogP contribution in [0.5, 0.6) is 11.5 Å². The number of carbonyl (C=O) groups is 2. The lowest BCUT2D eigenvalue weighted by molar-refractivity contribution is -0.132. The molecular weight excluding hydrogens is 316 g/mol. The van der Waals surface area contributed by atoms with Crippen molar-refractivity contribution >= 4 is 11.8 Å². The monoisotopic (exact) mass is 346 g/mol. The molecule has 4 heteroatoms. The zero-order valence-electron chi connectivity index (χ0n) is 15.7. The summed E-state index contributed by atoms with van der Waals surface area (Å²) in [5.74, 6) is 0.647. The van der Waals surface area contributed by atoms with Crippen molar-refractivity contribution in [1.29, 1.82) is 0 Å². The van der Waals surface area contributed by atoms with Crippen LogP contribution in [0.4, 0.5) is 0 Å². The summed E-state index contributed by atoms with van der Waals surface area (Å²) in [6, 6.07) is 5.36. The van der Waals surface area contributed by atoms with Gasteiger partial charge in [0.05, 0.1) is 7.11 Å². The van der Waals surface area contributed by atoms with E-state index in [2.05, 4.69) is 6.92 Å². The van der Waals surface area contributed by atoms with E-state index in [0.29, 0.717) is 24.3 Å². The molecule has 0 saturated carbocycles. The summed E-state index contributed by atoms with van der Waals surface area (Å²) in [6.07, 6.45) is 12.0. The third-order valence-corrected chi connectivity index (χ3v) is 3.92. The predicted molar refractivity (Wildman–Crippen MR) is 100 cm³/mol. The van der Waals surface area contributed by atoms with E-state index in [0.717, 1.165) is 18.4 Å². The molecule has 0 atom stereocenters. The number of ketones is 1. The molecule has 0 aliphatic carbocycles. The Labute approximate surface area is 151 Å². The van der Waals surface area contributed by atoms with Crippen molar-refractivity contribution in [2.24, 2.45) is 0 Å². The Hall–Kier alpha value is -2.10. The van der Waals surface area contributed by atoms with Crippen LogP contribution >= 0.6 is 0 Å². The molecule has 25 heavy (non-hydrogen) atoms. The summed E-state index contributed by atoms with van der Waals surface area (Å²) in [4.78, 5) is 23.0. The molecule has 1 aromatic carbocycles. The van der Waals surface area contributed by atoms with Crippen LogP contribution in [-0.4, -0.2) is 18.9 Å². The number of carbonyl (C=O) groups excluding carboxylic acids is 2. The fraction of sp³-hybridized carbons (Fsp3) is 0.524. The molecule has 0 unspecified atom stereocenters. The number of methoxy groups -OCH3 is 1. The molecule has 0 N–H and O–H groups in total. The minimum Gasteiger partial charge on any atom is -0.493 e. The van der Waals surface area contributed by atoms with Crippen molar-refractivity contribution in [2.45, 2.75) is 65.2 Å². The standard InChI is InChI=1S/C21H30O4/c1-4-5-6-7-8-9-10-11-19(23)14-12-18-13-15-20(25-17(2)22)21(16-18)24-3/h10-11,13,15-16H,4-9,12,14H2,1-3H3. The van der Waals surface area contributed by atoms with Crippen molar-refractivity contribution < 1.29 is 19.1 Å². The van der Waals surface area contributed by atoms with Crippen molar-refractivity contribution in [3.8, 4) is 11.5 Å². The first-order valence-electron chi connectivity index (χ1n) is 9.11. The van der Waals surface area contributed by atoms with Gasteiger partial charge < -0.3 is 9.47 Å². The topological polar surface area (TPSA) is 52.6 Å². The summed E-state index contributed by atoms with van der Waals surface area (Å²) < 4.78 is 10.3. The maximum absolute atomic E-state index is 11.9. The van der Waals surface area contributed by atoms with E-state index >= 15 is 0 Å². The Morgan fingerprint density at radius 1 is 1.08 bits per heavy atom. The molecule has 1 rings (SSSR count). The van der Waals surface area contributed by atoms with Gasteiger partial charge in [-0.2, -0.15) is 0 Å². The Balaban J connectivity index is 2.39. The molecule has 0 aromatic heterocycles. The summed E-state index contributed by atoms with van der Waals surface area (Å²) in [5.41, 5.74) is 0.981. The van der Waals surface area contributed by atoms with Gasteiger partial charge in [-0.25, -0.2) is 0 Å². The van der Waals surface area contributed by atoms with E-state index in [1.165, 1.54) is 39.7 Å². The Kier molecular flexibility index (Phi) is 10.3. The molecule has 0 bridgehead atoms. The maximum atomic E-state index is 11.9. The lowest BCUT2D eigenvalue weighted by atomic mass is 10.1. The second kappa shape index (κ2) is 12.3. The van der Waals surface area contributed by atoms with Crippen LogP contribution in [0.15, 0.2) is 30.4 Å². The molecule has 138 valence electrons. The van der Waals surface area contributed by atoms with Crippen LogP contribution in [0.1, 0.15) is 64.4 Å². The Morgan fingerprint density at radius 2 is 1.84 bits per heavy atom. The van der Waals surface area contributed by atoms with E-state index in [9.17, 15) is 9.59 Å². The molecule has 0 aliphatic rings. The quantitative estimate of drug-likeness (QED) is 0.230. The number of aryl methyl sites for hydroxylation is 1. The van der Waals surface area contributed by atoms with E-state index in [4.69, 9.17) is 9.47 Å². The smallest absolute Gasteiger partial charge is 0.308 e. The highest BCUT2D eigenvalue weighted by molar-refractivity contribution is 5.89. The molecule has 0 spiro atoms. The number of unbranched alkanes of at least 4 members (excludes halogenated alkanes) is 5. The van der Waals surface area contributed by atoms with Crippen LogP contribution in [0.2, 0.25) is 0 Å². The average molecular weight is 346 g/mol. The third kappa shape index (κ3) is 9.08. The van der Waals surface area contributed by atoms with Gasteiger partial charge in [0, 0.05) is 13.3 Å². The van der Waals surface area contributed by atoms with Gasteiger partial charge in [-0.05, 0) is 43.0 Å². The number of benzene rings is 1. The van der Waals surface area contributed by atoms with Gasteiger partial charge in [-0.1, -0.05) is 44.7 Å². The van der Waals surface area contributed by atoms with Gasteiger partial charge in [0.1, 0.15) is 0 Å². The fourth-order valence-corrected chi connectivity index (χ4v) is 2.54. The number of rotatable bonds is 12. The zero-order chi connectivity index (χ0) is 18.5. The lowest BCUT2D eigenvalue weighted by Crippen LogP contribution is -2.03. The van der Waals surface area contributed by atoms with E-state index in [-0.39, 0.29) is 11.8 Å². The molecule has 0 aliphatic heterocycles. The summed E-state index contributed by atoms with van der Waals surface area (Å²) in [5, 5.41) is 0. The van der Waals surface area contributed by atoms with Crippen molar-refractivity contribution in [3.63, 3.8) is 0 Å². The van der Waals surface area contributed by atoms with Gasteiger partial charge in [0.2, 0.25) is 0 Å². The number of allylic oxidation sites excluding steroid dienone is 2. The molecule has 0 fully saturated rings. The highest BCUT2D eigenvalue weighted by Gasteiger charge is 2.08. The minimum atomic E-state index is -0.388. The maximum Gasteiger partial charge on any atom is 0.308 e. The molecule has 0 heterocycles. The number of hydrogen-bond acceptors (Lipinski definition) is 4.